The second-order valence-electron chi connectivity index (χ2n) is 10.1. The van der Waals surface area contributed by atoms with Crippen molar-refractivity contribution in [3.63, 3.8) is 0 Å². The molecule has 2 aromatic carbocycles. The molecule has 0 aromatic heterocycles. The van der Waals surface area contributed by atoms with Gasteiger partial charge in [0.15, 0.2) is 11.5 Å². The van der Waals surface area contributed by atoms with Crippen molar-refractivity contribution in [2.45, 2.75) is 70.9 Å². The molecule has 1 N–H and O–H groups in total. The zero-order valence-electron chi connectivity index (χ0n) is 22.6. The van der Waals surface area contributed by atoms with E-state index < -0.39 is 11.9 Å². The number of carbonyl (C=O) groups is 1. The van der Waals surface area contributed by atoms with Crippen LogP contribution < -0.4 is 14.2 Å². The van der Waals surface area contributed by atoms with E-state index in [4.69, 9.17) is 23.7 Å². The van der Waals surface area contributed by atoms with Crippen LogP contribution in [0.3, 0.4) is 0 Å². The summed E-state index contributed by atoms with van der Waals surface area (Å²) < 4.78 is 29.2. The van der Waals surface area contributed by atoms with Crippen LogP contribution in [0.25, 0.3) is 0 Å². The van der Waals surface area contributed by atoms with E-state index in [1.54, 1.807) is 12.0 Å². The van der Waals surface area contributed by atoms with Crippen LogP contribution in [0.5, 0.6) is 17.2 Å². The van der Waals surface area contributed by atoms with Gasteiger partial charge < -0.3 is 33.7 Å². The van der Waals surface area contributed by atoms with Crippen molar-refractivity contribution in [1.82, 2.24) is 4.90 Å². The number of hydrogen-bond acceptors (Lipinski definition) is 7. The van der Waals surface area contributed by atoms with Crippen LogP contribution in [0, 0.1) is 0 Å². The number of aliphatic hydroxyl groups is 1. The predicted molar refractivity (Wildman–Crippen MR) is 141 cm³/mol. The molecular formula is C29H41NO7. The van der Waals surface area contributed by atoms with Crippen molar-refractivity contribution in [1.29, 1.82) is 0 Å². The van der Waals surface area contributed by atoms with Crippen molar-refractivity contribution < 1.29 is 33.6 Å². The molecule has 0 bridgehead atoms. The summed E-state index contributed by atoms with van der Waals surface area (Å²) in [5.41, 5.74) is 0.535. The number of benzene rings is 2. The molecule has 1 amide bonds. The number of methoxy groups -OCH3 is 1. The molecule has 8 nitrogen and oxygen atoms in total. The van der Waals surface area contributed by atoms with Crippen LogP contribution in [0.15, 0.2) is 48.5 Å². The molecule has 204 valence electrons. The Balaban J connectivity index is 1.68. The van der Waals surface area contributed by atoms with E-state index in [0.717, 1.165) is 24.8 Å². The van der Waals surface area contributed by atoms with Crippen LogP contribution >= 0.6 is 0 Å². The predicted octanol–water partition coefficient (Wildman–Crippen LogP) is 5.38. The van der Waals surface area contributed by atoms with E-state index in [0.29, 0.717) is 30.3 Å². The molecule has 0 aliphatic carbocycles. The number of rotatable bonds is 11. The topological polar surface area (TPSA) is 86.7 Å². The highest BCUT2D eigenvalue weighted by Crippen LogP contribution is 2.33. The highest BCUT2D eigenvalue weighted by atomic mass is 16.7. The summed E-state index contributed by atoms with van der Waals surface area (Å²) >= 11 is 0. The Hall–Kier alpha value is -2.97. The van der Waals surface area contributed by atoms with Crippen LogP contribution in [-0.2, 0) is 9.47 Å². The first-order valence-electron chi connectivity index (χ1n) is 13.0. The summed E-state index contributed by atoms with van der Waals surface area (Å²) in [5, 5.41) is 9.32. The van der Waals surface area contributed by atoms with Crippen LogP contribution in [0.1, 0.15) is 58.4 Å². The third-order valence-electron chi connectivity index (χ3n) is 6.06. The second-order valence-corrected chi connectivity index (χ2v) is 10.1. The highest BCUT2D eigenvalue weighted by molar-refractivity contribution is 5.68. The number of hydrogen-bond donors (Lipinski definition) is 1. The SMILES string of the molecule is CCCC(Oc1ccc(C2CCN(C(=O)OC(C)(C)C)CC2OCCO)cc1)Oc1ccccc1OC. The Morgan fingerprint density at radius 1 is 1.08 bits per heavy atom. The maximum atomic E-state index is 12.6. The number of nitrogens with zero attached hydrogens (tertiary/aromatic N) is 1. The first kappa shape index (κ1) is 28.6. The van der Waals surface area contributed by atoms with Gasteiger partial charge >= 0.3 is 6.09 Å². The largest absolute Gasteiger partial charge is 0.493 e. The number of amides is 1. The molecule has 0 spiro atoms. The molecule has 0 saturated carbocycles. The molecule has 1 saturated heterocycles. The Bertz CT molecular complexity index is 973. The Morgan fingerprint density at radius 3 is 2.41 bits per heavy atom. The summed E-state index contributed by atoms with van der Waals surface area (Å²) in [6.45, 7) is 8.76. The van der Waals surface area contributed by atoms with Crippen molar-refractivity contribution in [3.05, 3.63) is 54.1 Å². The number of aliphatic hydroxyl groups excluding tert-OH is 1. The van der Waals surface area contributed by atoms with Gasteiger partial charge in [-0.15, -0.1) is 0 Å². The lowest BCUT2D eigenvalue weighted by Crippen LogP contribution is -2.48. The Kier molecular flexibility index (Phi) is 10.5. The van der Waals surface area contributed by atoms with Gasteiger partial charge in [0.1, 0.15) is 11.4 Å². The lowest BCUT2D eigenvalue weighted by Gasteiger charge is -2.39. The smallest absolute Gasteiger partial charge is 0.410 e. The second kappa shape index (κ2) is 13.5. The summed E-state index contributed by atoms with van der Waals surface area (Å²) in [7, 11) is 1.62. The number of ether oxygens (including phenoxy) is 5. The molecule has 37 heavy (non-hydrogen) atoms. The number of likely N-dealkylation sites (tertiary alicyclic amines) is 1. The zero-order chi connectivity index (χ0) is 26.8. The molecule has 2 aromatic rings. The quantitative estimate of drug-likeness (QED) is 0.402. The van der Waals surface area contributed by atoms with Crippen molar-refractivity contribution in [3.8, 4) is 17.2 Å². The average molecular weight is 516 g/mol. The minimum atomic E-state index is -0.559. The summed E-state index contributed by atoms with van der Waals surface area (Å²) in [5.74, 6) is 2.08. The minimum absolute atomic E-state index is 0.0759. The molecule has 1 heterocycles. The standard InChI is InChI=1S/C29H41NO7/c1-6-9-27(36-25-11-8-7-10-24(25)33-5)35-22-14-12-21(13-15-22)23-16-17-30(20-26(23)34-19-18-31)28(32)37-29(2,3)4/h7-8,10-15,23,26-27,31H,6,9,16-20H2,1-5H3. The maximum Gasteiger partial charge on any atom is 0.410 e. The van der Waals surface area contributed by atoms with Gasteiger partial charge in [-0.1, -0.05) is 31.2 Å². The molecule has 1 aliphatic rings. The minimum Gasteiger partial charge on any atom is -0.493 e. The molecular weight excluding hydrogens is 474 g/mol. The Morgan fingerprint density at radius 2 is 1.78 bits per heavy atom. The summed E-state index contributed by atoms with van der Waals surface area (Å²) in [6, 6.07) is 15.5. The molecule has 3 rings (SSSR count). The van der Waals surface area contributed by atoms with Gasteiger partial charge in [0.25, 0.3) is 0 Å². The fourth-order valence-corrected chi connectivity index (χ4v) is 4.34. The van der Waals surface area contributed by atoms with Gasteiger partial charge in [0.2, 0.25) is 6.29 Å². The fourth-order valence-electron chi connectivity index (χ4n) is 4.34. The molecule has 0 radical (unpaired) electrons. The van der Waals surface area contributed by atoms with E-state index in [9.17, 15) is 9.90 Å². The zero-order valence-corrected chi connectivity index (χ0v) is 22.6. The van der Waals surface area contributed by atoms with Gasteiger partial charge in [-0.25, -0.2) is 4.79 Å². The van der Waals surface area contributed by atoms with Gasteiger partial charge in [0, 0.05) is 18.9 Å². The van der Waals surface area contributed by atoms with E-state index in [2.05, 4.69) is 6.92 Å². The lowest BCUT2D eigenvalue weighted by atomic mass is 9.87. The van der Waals surface area contributed by atoms with E-state index in [-0.39, 0.29) is 31.3 Å². The third kappa shape index (κ3) is 8.54. The highest BCUT2D eigenvalue weighted by Gasteiger charge is 2.35. The summed E-state index contributed by atoms with van der Waals surface area (Å²) in [6.07, 6.45) is 1.30. The van der Waals surface area contributed by atoms with Crippen molar-refractivity contribution >= 4 is 6.09 Å². The number of piperidine rings is 1. The average Bonchev–Trinajstić information content (AvgIpc) is 2.87. The normalized spacial score (nSPS) is 18.7. The molecule has 8 heteroatoms. The van der Waals surface area contributed by atoms with Crippen molar-refractivity contribution in [2.24, 2.45) is 0 Å². The molecule has 3 unspecified atom stereocenters. The molecule has 3 atom stereocenters. The maximum absolute atomic E-state index is 12.6. The fraction of sp³-hybridized carbons (Fsp3) is 0.552. The van der Waals surface area contributed by atoms with Gasteiger partial charge in [-0.05, 0) is 63.4 Å². The van der Waals surface area contributed by atoms with E-state index >= 15 is 0 Å². The van der Waals surface area contributed by atoms with Crippen LogP contribution in [0.4, 0.5) is 4.79 Å². The number of para-hydroxylation sites is 2. The monoisotopic (exact) mass is 515 g/mol. The van der Waals surface area contributed by atoms with Gasteiger partial charge in [-0.2, -0.15) is 0 Å². The molecule has 1 fully saturated rings. The van der Waals surface area contributed by atoms with Gasteiger partial charge in [-0.3, -0.25) is 0 Å². The van der Waals surface area contributed by atoms with Crippen LogP contribution in [0.2, 0.25) is 0 Å². The van der Waals surface area contributed by atoms with E-state index in [1.165, 1.54) is 0 Å². The van der Waals surface area contributed by atoms with Gasteiger partial charge in [0.05, 0.1) is 33.0 Å². The number of carbonyl (C=O) groups excluding carboxylic acids is 1. The lowest BCUT2D eigenvalue weighted by molar-refractivity contribution is -0.0376. The first-order chi connectivity index (χ1) is 17.7. The summed E-state index contributed by atoms with van der Waals surface area (Å²) in [4.78, 5) is 14.3. The first-order valence-corrected chi connectivity index (χ1v) is 13.0. The molecule has 1 aliphatic heterocycles. The van der Waals surface area contributed by atoms with E-state index in [1.807, 2.05) is 69.3 Å². The van der Waals surface area contributed by atoms with Crippen LogP contribution in [-0.4, -0.2) is 67.5 Å². The third-order valence-corrected chi connectivity index (χ3v) is 6.06. The Labute approximate surface area is 220 Å². The van der Waals surface area contributed by atoms with Crippen molar-refractivity contribution in [2.75, 3.05) is 33.4 Å².